The van der Waals surface area contributed by atoms with Crippen LogP contribution in [0.2, 0.25) is 0 Å². The van der Waals surface area contributed by atoms with E-state index in [1.54, 1.807) is 0 Å². The van der Waals surface area contributed by atoms with Crippen molar-refractivity contribution in [3.63, 3.8) is 0 Å². The van der Waals surface area contributed by atoms with Gasteiger partial charge in [-0.2, -0.15) is 0 Å². The molecule has 0 aromatic heterocycles. The highest BCUT2D eigenvalue weighted by Gasteiger charge is 2.69. The highest BCUT2D eigenvalue weighted by molar-refractivity contribution is 6.01. The zero-order chi connectivity index (χ0) is 19.8. The zero-order valence-electron chi connectivity index (χ0n) is 16.6. The minimum absolute atomic E-state index is 0.0769. The van der Waals surface area contributed by atoms with Crippen LogP contribution in [0.25, 0.3) is 0 Å². The summed E-state index contributed by atoms with van der Waals surface area (Å²) >= 11 is 0. The quantitative estimate of drug-likeness (QED) is 0.764. The SMILES string of the molecule is CC[C@]1(C(=O)[C@@H]2C=CCCC2)NC(=O)[C@@H]2CC(OCc3ccccc3)O[C@@]21C. The minimum atomic E-state index is -0.994. The first kappa shape index (κ1) is 19.3. The standard InChI is InChI=1S/C23H29NO4/c1-3-23(20(25)17-12-8-5-9-13-17)22(2)18(21(26)24-23)14-19(28-22)27-15-16-10-6-4-7-11-16/h4,6-8,10-12,17-19H,3,5,9,13-15H2,1-2H3,(H,24,26)/t17-,18+,19?,22+,23-/m1/s1. The summed E-state index contributed by atoms with van der Waals surface area (Å²) in [6, 6.07) is 9.90. The normalized spacial score (nSPS) is 36.9. The molecule has 1 amide bonds. The number of ketones is 1. The first-order chi connectivity index (χ1) is 13.5. The Morgan fingerprint density at radius 2 is 2.11 bits per heavy atom. The van der Waals surface area contributed by atoms with Crippen molar-refractivity contribution in [2.75, 3.05) is 0 Å². The molecule has 1 aromatic rings. The number of allylic oxidation sites excluding steroid dienone is 2. The van der Waals surface area contributed by atoms with E-state index in [4.69, 9.17) is 9.47 Å². The molecule has 2 aliphatic heterocycles. The van der Waals surface area contributed by atoms with E-state index in [0.29, 0.717) is 19.4 Å². The molecule has 1 unspecified atom stereocenters. The monoisotopic (exact) mass is 383 g/mol. The minimum Gasteiger partial charge on any atom is -0.348 e. The van der Waals surface area contributed by atoms with E-state index < -0.39 is 17.4 Å². The fourth-order valence-corrected chi connectivity index (χ4v) is 5.13. The summed E-state index contributed by atoms with van der Waals surface area (Å²) in [6.07, 6.45) is 7.44. The number of amides is 1. The van der Waals surface area contributed by atoms with Crippen molar-refractivity contribution in [1.29, 1.82) is 0 Å². The third-order valence-electron chi connectivity index (χ3n) is 6.79. The lowest BCUT2D eigenvalue weighted by Crippen LogP contribution is -2.63. The second kappa shape index (κ2) is 7.45. The average Bonchev–Trinajstić information content (AvgIpc) is 3.18. The molecule has 5 atom stereocenters. The van der Waals surface area contributed by atoms with Crippen molar-refractivity contribution in [3.05, 3.63) is 48.0 Å². The Balaban J connectivity index is 1.55. The fourth-order valence-electron chi connectivity index (χ4n) is 5.13. The van der Waals surface area contributed by atoms with E-state index in [9.17, 15) is 9.59 Å². The molecule has 28 heavy (non-hydrogen) atoms. The van der Waals surface area contributed by atoms with Crippen LogP contribution >= 0.6 is 0 Å². The molecule has 1 N–H and O–H groups in total. The maximum absolute atomic E-state index is 13.5. The summed E-state index contributed by atoms with van der Waals surface area (Å²) in [6.45, 7) is 4.30. The molecule has 0 radical (unpaired) electrons. The second-order valence-corrected chi connectivity index (χ2v) is 8.32. The van der Waals surface area contributed by atoms with E-state index in [1.807, 2.05) is 50.3 Å². The third kappa shape index (κ3) is 3.01. The lowest BCUT2D eigenvalue weighted by molar-refractivity contribution is -0.192. The molecule has 150 valence electrons. The molecular formula is C23H29NO4. The largest absolute Gasteiger partial charge is 0.348 e. The summed E-state index contributed by atoms with van der Waals surface area (Å²) in [5.74, 6) is -0.543. The number of nitrogens with one attached hydrogen (secondary N) is 1. The highest BCUT2D eigenvalue weighted by Crippen LogP contribution is 2.51. The summed E-state index contributed by atoms with van der Waals surface area (Å²) in [5, 5.41) is 3.05. The van der Waals surface area contributed by atoms with E-state index >= 15 is 0 Å². The predicted molar refractivity (Wildman–Crippen MR) is 105 cm³/mol. The van der Waals surface area contributed by atoms with Gasteiger partial charge in [0.1, 0.15) is 11.1 Å². The van der Waals surface area contributed by atoms with Crippen LogP contribution in [-0.2, 0) is 25.7 Å². The lowest BCUT2D eigenvalue weighted by Gasteiger charge is -2.42. The van der Waals surface area contributed by atoms with Crippen molar-refractivity contribution in [3.8, 4) is 0 Å². The molecule has 4 rings (SSSR count). The molecule has 2 heterocycles. The first-order valence-corrected chi connectivity index (χ1v) is 10.4. The van der Waals surface area contributed by atoms with Crippen molar-refractivity contribution < 1.29 is 19.1 Å². The maximum atomic E-state index is 13.5. The van der Waals surface area contributed by atoms with Crippen LogP contribution < -0.4 is 5.32 Å². The molecule has 0 spiro atoms. The number of ether oxygens (including phenoxy) is 2. The average molecular weight is 383 g/mol. The van der Waals surface area contributed by atoms with Gasteiger partial charge in [-0.25, -0.2) is 0 Å². The van der Waals surface area contributed by atoms with Crippen LogP contribution in [0.3, 0.4) is 0 Å². The lowest BCUT2D eigenvalue weighted by atomic mass is 9.69. The van der Waals surface area contributed by atoms with Gasteiger partial charge in [-0.3, -0.25) is 9.59 Å². The molecule has 0 bridgehead atoms. The summed E-state index contributed by atoms with van der Waals surface area (Å²) in [5.41, 5.74) is -0.822. The van der Waals surface area contributed by atoms with Crippen molar-refractivity contribution in [1.82, 2.24) is 5.32 Å². The van der Waals surface area contributed by atoms with Gasteiger partial charge in [0.2, 0.25) is 5.91 Å². The van der Waals surface area contributed by atoms with Gasteiger partial charge in [0.15, 0.2) is 12.1 Å². The van der Waals surface area contributed by atoms with Crippen molar-refractivity contribution >= 4 is 11.7 Å². The second-order valence-electron chi connectivity index (χ2n) is 8.32. The smallest absolute Gasteiger partial charge is 0.227 e. The molecule has 5 nitrogen and oxygen atoms in total. The number of hydrogen-bond donors (Lipinski definition) is 1. The van der Waals surface area contributed by atoms with Crippen LogP contribution in [-0.4, -0.2) is 29.1 Å². The van der Waals surface area contributed by atoms with Crippen LogP contribution in [0.15, 0.2) is 42.5 Å². The Hall–Kier alpha value is -1.98. The van der Waals surface area contributed by atoms with Crippen molar-refractivity contribution in [2.45, 2.75) is 70.0 Å². The Labute approximate surface area is 166 Å². The van der Waals surface area contributed by atoms with Gasteiger partial charge in [-0.15, -0.1) is 0 Å². The van der Waals surface area contributed by atoms with Gasteiger partial charge in [0.05, 0.1) is 12.5 Å². The molecule has 0 saturated carbocycles. The highest BCUT2D eigenvalue weighted by atomic mass is 16.7. The maximum Gasteiger partial charge on any atom is 0.227 e. The number of hydrogen-bond acceptors (Lipinski definition) is 4. The zero-order valence-corrected chi connectivity index (χ0v) is 16.6. The van der Waals surface area contributed by atoms with E-state index in [0.717, 1.165) is 24.8 Å². The summed E-state index contributed by atoms with van der Waals surface area (Å²) in [7, 11) is 0. The van der Waals surface area contributed by atoms with E-state index in [2.05, 4.69) is 11.4 Å². The van der Waals surface area contributed by atoms with Crippen LogP contribution in [0, 0.1) is 11.8 Å². The van der Waals surface area contributed by atoms with Crippen LogP contribution in [0.4, 0.5) is 0 Å². The third-order valence-corrected chi connectivity index (χ3v) is 6.79. The topological polar surface area (TPSA) is 64.6 Å². The van der Waals surface area contributed by atoms with Crippen LogP contribution in [0.1, 0.15) is 51.5 Å². The Kier molecular flexibility index (Phi) is 5.15. The van der Waals surface area contributed by atoms with Gasteiger partial charge >= 0.3 is 0 Å². The molecule has 2 saturated heterocycles. The molecule has 2 fully saturated rings. The predicted octanol–water partition coefficient (Wildman–Crippen LogP) is 3.53. The van der Waals surface area contributed by atoms with Gasteiger partial charge < -0.3 is 14.8 Å². The van der Waals surface area contributed by atoms with Crippen LogP contribution in [0.5, 0.6) is 0 Å². The van der Waals surface area contributed by atoms with Gasteiger partial charge in [0, 0.05) is 12.3 Å². The first-order valence-electron chi connectivity index (χ1n) is 10.4. The molecular weight excluding hydrogens is 354 g/mol. The summed E-state index contributed by atoms with van der Waals surface area (Å²) in [4.78, 5) is 26.4. The Morgan fingerprint density at radius 3 is 2.79 bits per heavy atom. The molecule has 3 aliphatic rings. The van der Waals surface area contributed by atoms with Crippen molar-refractivity contribution in [2.24, 2.45) is 11.8 Å². The Bertz CT molecular complexity index is 776. The van der Waals surface area contributed by atoms with E-state index in [-0.39, 0.29) is 23.5 Å². The Morgan fingerprint density at radius 1 is 1.32 bits per heavy atom. The number of carbonyl (C=O) groups excluding carboxylic acids is 2. The number of benzene rings is 1. The molecule has 1 aliphatic carbocycles. The van der Waals surface area contributed by atoms with Gasteiger partial charge in [-0.05, 0) is 38.2 Å². The number of rotatable bonds is 6. The number of carbonyl (C=O) groups is 2. The fraction of sp³-hybridized carbons (Fsp3) is 0.565. The van der Waals surface area contributed by atoms with Gasteiger partial charge in [0.25, 0.3) is 0 Å². The summed E-state index contributed by atoms with van der Waals surface area (Å²) < 4.78 is 12.3. The molecule has 1 aromatic carbocycles. The number of Topliss-reactive ketones (excluding diaryl/α,β-unsaturated/α-hetero) is 1. The molecule has 5 heteroatoms. The van der Waals surface area contributed by atoms with Gasteiger partial charge in [-0.1, -0.05) is 49.4 Å². The van der Waals surface area contributed by atoms with E-state index in [1.165, 1.54) is 0 Å². The number of fused-ring (bicyclic) bond motifs is 1.